The summed E-state index contributed by atoms with van der Waals surface area (Å²) >= 11 is 0. The molecule has 0 aromatic rings. The highest BCUT2D eigenvalue weighted by molar-refractivity contribution is 5.85. The van der Waals surface area contributed by atoms with Crippen molar-refractivity contribution < 1.29 is 9.92 Å². The molecule has 0 saturated heterocycles. The number of halogens is 1. The van der Waals surface area contributed by atoms with Gasteiger partial charge in [0.25, 0.3) is 5.09 Å². The molecule has 0 aliphatic heterocycles. The SMILES string of the molecule is CC[C@H](N)CO[N+](=O)[O-].Cl. The van der Waals surface area contributed by atoms with E-state index in [2.05, 4.69) is 4.84 Å². The molecule has 0 fully saturated rings. The van der Waals surface area contributed by atoms with E-state index in [0.29, 0.717) is 6.42 Å². The Hall–Kier alpha value is -0.550. The number of nitrogens with two attached hydrogens (primary N) is 1. The molecule has 62 valence electrons. The lowest BCUT2D eigenvalue weighted by Gasteiger charge is -2.04. The Labute approximate surface area is 65.0 Å². The fourth-order valence-electron chi connectivity index (χ4n) is 0.274. The minimum absolute atomic E-state index is 0. The summed E-state index contributed by atoms with van der Waals surface area (Å²) in [5.41, 5.74) is 5.29. The van der Waals surface area contributed by atoms with E-state index in [-0.39, 0.29) is 25.1 Å². The van der Waals surface area contributed by atoms with Crippen molar-refractivity contribution in [1.29, 1.82) is 0 Å². The molecule has 0 saturated carbocycles. The van der Waals surface area contributed by atoms with Crippen LogP contribution in [0.4, 0.5) is 0 Å². The van der Waals surface area contributed by atoms with Gasteiger partial charge >= 0.3 is 0 Å². The van der Waals surface area contributed by atoms with E-state index in [1.807, 2.05) is 6.92 Å². The molecule has 0 unspecified atom stereocenters. The quantitative estimate of drug-likeness (QED) is 0.488. The van der Waals surface area contributed by atoms with Gasteiger partial charge < -0.3 is 10.6 Å². The molecule has 0 radical (unpaired) electrons. The van der Waals surface area contributed by atoms with Crippen molar-refractivity contribution in [2.45, 2.75) is 19.4 Å². The van der Waals surface area contributed by atoms with E-state index < -0.39 is 5.09 Å². The van der Waals surface area contributed by atoms with Crippen molar-refractivity contribution in [2.75, 3.05) is 6.61 Å². The summed E-state index contributed by atoms with van der Waals surface area (Å²) in [5.74, 6) is 0. The first-order chi connectivity index (χ1) is 4.16. The molecule has 0 spiro atoms. The van der Waals surface area contributed by atoms with Crippen molar-refractivity contribution in [3.8, 4) is 0 Å². The fourth-order valence-corrected chi connectivity index (χ4v) is 0.274. The second-order valence-electron chi connectivity index (χ2n) is 1.69. The van der Waals surface area contributed by atoms with Crippen molar-refractivity contribution in [2.24, 2.45) is 5.73 Å². The summed E-state index contributed by atoms with van der Waals surface area (Å²) in [5, 5.41) is 8.71. The Bertz CT molecular complexity index is 101. The third-order valence-corrected chi connectivity index (χ3v) is 0.918. The molecule has 0 aromatic carbocycles. The van der Waals surface area contributed by atoms with Crippen molar-refractivity contribution in [3.05, 3.63) is 10.1 Å². The summed E-state index contributed by atoms with van der Waals surface area (Å²) in [7, 11) is 0. The van der Waals surface area contributed by atoms with E-state index in [0.717, 1.165) is 0 Å². The van der Waals surface area contributed by atoms with Crippen LogP contribution in [0.15, 0.2) is 0 Å². The predicted octanol–water partition coefficient (Wildman–Crippen LogP) is 0.354. The van der Waals surface area contributed by atoms with Crippen LogP contribution in [-0.4, -0.2) is 17.7 Å². The standard InChI is InChI=1S/C4H10N2O3.ClH/c1-2-4(5)3-9-6(7)8;/h4H,2-3,5H2,1H3;1H/t4-;/m0./s1. The van der Waals surface area contributed by atoms with Gasteiger partial charge in [-0.25, -0.2) is 0 Å². The molecule has 0 rings (SSSR count). The van der Waals surface area contributed by atoms with Crippen LogP contribution in [0, 0.1) is 10.1 Å². The van der Waals surface area contributed by atoms with Gasteiger partial charge in [0.15, 0.2) is 0 Å². The van der Waals surface area contributed by atoms with Crippen LogP contribution in [0.2, 0.25) is 0 Å². The third kappa shape index (κ3) is 7.45. The molecule has 5 nitrogen and oxygen atoms in total. The molecule has 0 amide bonds. The second kappa shape index (κ2) is 6.57. The molecule has 0 bridgehead atoms. The lowest BCUT2D eigenvalue weighted by atomic mass is 10.3. The van der Waals surface area contributed by atoms with Crippen molar-refractivity contribution >= 4 is 12.4 Å². The third-order valence-electron chi connectivity index (χ3n) is 0.918. The molecule has 10 heavy (non-hydrogen) atoms. The van der Waals surface area contributed by atoms with Crippen LogP contribution in [0.1, 0.15) is 13.3 Å². The Morgan fingerprint density at radius 2 is 2.30 bits per heavy atom. The normalized spacial score (nSPS) is 11.4. The summed E-state index contributed by atoms with van der Waals surface area (Å²) < 4.78 is 0. The van der Waals surface area contributed by atoms with Crippen molar-refractivity contribution in [1.82, 2.24) is 0 Å². The molecule has 2 N–H and O–H groups in total. The van der Waals surface area contributed by atoms with Gasteiger partial charge in [0.1, 0.15) is 6.61 Å². The molecular formula is C4H11ClN2O3. The minimum atomic E-state index is -0.838. The Kier molecular flexibility index (Phi) is 7.99. The number of nitrogens with zero attached hydrogens (tertiary/aromatic N) is 1. The van der Waals surface area contributed by atoms with E-state index in [9.17, 15) is 10.1 Å². The first kappa shape index (κ1) is 12.2. The van der Waals surface area contributed by atoms with E-state index >= 15 is 0 Å². The van der Waals surface area contributed by atoms with Crippen LogP contribution in [0.3, 0.4) is 0 Å². The van der Waals surface area contributed by atoms with Crippen LogP contribution in [0.25, 0.3) is 0 Å². The van der Waals surface area contributed by atoms with Crippen LogP contribution in [-0.2, 0) is 4.84 Å². The second-order valence-corrected chi connectivity index (χ2v) is 1.69. The highest BCUT2D eigenvalue weighted by Crippen LogP contribution is 1.86. The smallest absolute Gasteiger partial charge is 0.294 e. The molecule has 0 aliphatic carbocycles. The Balaban J connectivity index is 0. The van der Waals surface area contributed by atoms with Gasteiger partial charge in [-0.3, -0.25) is 0 Å². The zero-order chi connectivity index (χ0) is 7.28. The topological polar surface area (TPSA) is 78.4 Å². The zero-order valence-corrected chi connectivity index (χ0v) is 6.47. The van der Waals surface area contributed by atoms with Crippen LogP contribution in [0.5, 0.6) is 0 Å². The number of hydrogen-bond acceptors (Lipinski definition) is 4. The number of hydrogen-bond donors (Lipinski definition) is 1. The first-order valence-electron chi connectivity index (χ1n) is 2.69. The average Bonchev–Trinajstić information content (AvgIpc) is 1.83. The van der Waals surface area contributed by atoms with Crippen LogP contribution < -0.4 is 5.73 Å². The van der Waals surface area contributed by atoms with Gasteiger partial charge in [-0.05, 0) is 6.42 Å². The van der Waals surface area contributed by atoms with E-state index in [1.165, 1.54) is 0 Å². The maximum absolute atomic E-state index is 9.55. The summed E-state index contributed by atoms with van der Waals surface area (Å²) in [4.78, 5) is 13.5. The predicted molar refractivity (Wildman–Crippen MR) is 38.5 cm³/mol. The Morgan fingerprint density at radius 3 is 2.60 bits per heavy atom. The van der Waals surface area contributed by atoms with Gasteiger partial charge in [0.2, 0.25) is 0 Å². The minimum Gasteiger partial charge on any atom is -0.326 e. The molecule has 0 aliphatic rings. The maximum Gasteiger partial charge on any atom is 0.294 e. The summed E-state index contributed by atoms with van der Waals surface area (Å²) in [6.07, 6.45) is 0.688. The lowest BCUT2D eigenvalue weighted by molar-refractivity contribution is -0.758. The highest BCUT2D eigenvalue weighted by Gasteiger charge is 2.00. The van der Waals surface area contributed by atoms with Gasteiger partial charge in [-0.2, -0.15) is 0 Å². The largest absolute Gasteiger partial charge is 0.326 e. The number of rotatable bonds is 4. The molecule has 1 atom stereocenters. The molecule has 6 heteroatoms. The zero-order valence-electron chi connectivity index (χ0n) is 5.65. The summed E-state index contributed by atoms with van der Waals surface area (Å²) in [6.45, 7) is 1.83. The van der Waals surface area contributed by atoms with Gasteiger partial charge in [0.05, 0.1) is 0 Å². The van der Waals surface area contributed by atoms with E-state index in [4.69, 9.17) is 5.73 Å². The molecule has 0 aromatic heterocycles. The molecule has 0 heterocycles. The monoisotopic (exact) mass is 170 g/mol. The average molecular weight is 171 g/mol. The van der Waals surface area contributed by atoms with Crippen molar-refractivity contribution in [3.63, 3.8) is 0 Å². The lowest BCUT2D eigenvalue weighted by Crippen LogP contribution is -2.26. The highest BCUT2D eigenvalue weighted by atomic mass is 35.5. The Morgan fingerprint density at radius 1 is 1.80 bits per heavy atom. The molecular weight excluding hydrogens is 160 g/mol. The first-order valence-corrected chi connectivity index (χ1v) is 2.69. The fraction of sp³-hybridized carbons (Fsp3) is 1.00. The summed E-state index contributed by atoms with van der Waals surface area (Å²) in [6, 6.07) is -0.226. The van der Waals surface area contributed by atoms with Crippen LogP contribution >= 0.6 is 12.4 Å². The van der Waals surface area contributed by atoms with E-state index in [1.54, 1.807) is 0 Å². The van der Waals surface area contributed by atoms with Gasteiger partial charge in [-0.15, -0.1) is 22.5 Å². The van der Waals surface area contributed by atoms with Gasteiger partial charge in [-0.1, -0.05) is 6.92 Å². The maximum atomic E-state index is 9.55. The van der Waals surface area contributed by atoms with Gasteiger partial charge in [0, 0.05) is 6.04 Å².